The average molecular weight is 873 g/mol. The summed E-state index contributed by atoms with van der Waals surface area (Å²) in [5.74, 6) is 0.286. The summed E-state index contributed by atoms with van der Waals surface area (Å²) in [6.45, 7) is 32.4. The topological polar surface area (TPSA) is 50.2 Å². The molecule has 50 heavy (non-hydrogen) atoms. The number of aliphatic hydroxyl groups excluding tert-OH is 1. The van der Waals surface area contributed by atoms with Gasteiger partial charge in [0.25, 0.3) is 0 Å². The summed E-state index contributed by atoms with van der Waals surface area (Å²) in [5.41, 5.74) is 9.59. The van der Waals surface area contributed by atoms with Gasteiger partial charge in [-0.3, -0.25) is 4.79 Å². The van der Waals surface area contributed by atoms with Crippen molar-refractivity contribution >= 4 is 27.2 Å². The van der Waals surface area contributed by atoms with Gasteiger partial charge >= 0.3 is 0 Å². The van der Waals surface area contributed by atoms with Gasteiger partial charge in [-0.05, 0) is 77.1 Å². The molecule has 4 rings (SSSR count). The van der Waals surface area contributed by atoms with E-state index in [1.165, 1.54) is 48.9 Å². The van der Waals surface area contributed by atoms with Crippen LogP contribution in [-0.4, -0.2) is 15.9 Å². The zero-order valence-electron chi connectivity index (χ0n) is 33.5. The van der Waals surface area contributed by atoms with E-state index in [-0.39, 0.29) is 53.3 Å². The van der Waals surface area contributed by atoms with E-state index in [0.29, 0.717) is 0 Å². The Morgan fingerprint density at radius 3 is 1.90 bits per heavy atom. The van der Waals surface area contributed by atoms with Gasteiger partial charge in [0.05, 0.1) is 0 Å². The van der Waals surface area contributed by atoms with E-state index in [1.807, 2.05) is 59.1 Å². The summed E-state index contributed by atoms with van der Waals surface area (Å²) in [6, 6.07) is 17.1. The minimum Gasteiger partial charge on any atom is -0.512 e. The Bertz CT molecular complexity index is 1790. The molecule has 0 amide bonds. The van der Waals surface area contributed by atoms with E-state index in [4.69, 9.17) is 4.98 Å². The van der Waals surface area contributed by atoms with Gasteiger partial charge in [-0.1, -0.05) is 115 Å². The molecule has 0 aliphatic rings. The predicted octanol–water partition coefficient (Wildman–Crippen LogP) is 13.6. The molecule has 2 heterocycles. The van der Waals surface area contributed by atoms with Crippen molar-refractivity contribution in [1.29, 1.82) is 0 Å². The Balaban J connectivity index is 0.000000413. The van der Waals surface area contributed by atoms with Gasteiger partial charge in [0.1, 0.15) is 5.76 Å². The number of aliphatic hydroxyl groups is 1. The molecule has 0 spiro atoms. The molecule has 0 saturated heterocycles. The number of nitrogens with zero attached hydrogens (tertiary/aromatic N) is 1. The molecule has 0 bridgehead atoms. The Morgan fingerprint density at radius 1 is 0.820 bits per heavy atom. The van der Waals surface area contributed by atoms with Crippen LogP contribution in [0.15, 0.2) is 54.4 Å². The van der Waals surface area contributed by atoms with Crippen LogP contribution in [0.5, 0.6) is 0 Å². The predicted molar refractivity (Wildman–Crippen MR) is 214 cm³/mol. The van der Waals surface area contributed by atoms with E-state index in [0.717, 1.165) is 42.5 Å². The number of aromatic nitrogens is 1. The molecular formula is C45H62IrNO2S-. The first kappa shape index (κ1) is 43.6. The summed E-state index contributed by atoms with van der Waals surface area (Å²) >= 11 is 1.87. The van der Waals surface area contributed by atoms with Crippen LogP contribution in [0, 0.1) is 37.7 Å². The van der Waals surface area contributed by atoms with Crippen molar-refractivity contribution in [2.75, 3.05) is 0 Å². The summed E-state index contributed by atoms with van der Waals surface area (Å²) in [7, 11) is 0. The molecule has 1 radical (unpaired) electrons. The first-order chi connectivity index (χ1) is 22.6. The number of carbonyl (C=O) groups is 1. The number of aryl methyl sites for hydroxylation is 3. The van der Waals surface area contributed by atoms with E-state index in [9.17, 15) is 9.90 Å². The molecule has 275 valence electrons. The molecule has 0 aliphatic heterocycles. The van der Waals surface area contributed by atoms with Crippen LogP contribution in [0.2, 0.25) is 0 Å². The SMILES string of the molecule is CCC(C)(CC)C(=O)/C=C(\O)C(C)(CC)CC.Cc1[c-]c(-c2nccc3c(C)c(-c4ccc(C(C)(C)C)cc4C(C)(C)C)sc23)cc(C)c1.[Ir]. The second-order valence-corrected chi connectivity index (χ2v) is 17.6. The molecule has 0 fully saturated rings. The first-order valence-corrected chi connectivity index (χ1v) is 19.0. The fraction of sp³-hybridized carbons (Fsp3) is 0.511. The van der Waals surface area contributed by atoms with Gasteiger partial charge in [0, 0.05) is 58.5 Å². The zero-order valence-corrected chi connectivity index (χ0v) is 36.7. The summed E-state index contributed by atoms with van der Waals surface area (Å²) < 4.78 is 1.25. The molecular weight excluding hydrogens is 811 g/mol. The van der Waals surface area contributed by atoms with Crippen molar-refractivity contribution in [2.45, 2.75) is 140 Å². The van der Waals surface area contributed by atoms with Crippen LogP contribution >= 0.6 is 11.3 Å². The molecule has 4 aromatic rings. The molecule has 2 aromatic heterocycles. The van der Waals surface area contributed by atoms with Gasteiger partial charge in [0.2, 0.25) is 0 Å². The number of allylic oxidation sites excluding steroid dienone is 2. The van der Waals surface area contributed by atoms with Crippen molar-refractivity contribution in [3.8, 4) is 21.7 Å². The van der Waals surface area contributed by atoms with Crippen LogP contribution in [0.4, 0.5) is 0 Å². The fourth-order valence-electron chi connectivity index (χ4n) is 6.13. The van der Waals surface area contributed by atoms with Gasteiger partial charge in [-0.25, -0.2) is 0 Å². The quantitative estimate of drug-likeness (QED) is 0.104. The minimum absolute atomic E-state index is 0. The number of benzene rings is 2. The normalized spacial score (nSPS) is 12.7. The standard InChI is InChI=1S/C30H34NS.C15H28O2.Ir/c1-18-14-19(2)16-21(15-18)26-28-23(12-13-31-26)20(3)27(32-28)24-11-10-22(29(4,5)6)17-25(24)30(7,8)9;1-7-14(5,8-2)12(16)11-13(17)15(6,9-3)10-4;/h10-15,17H,1-9H3;11,16H,7-10H2,1-6H3;/q-1;;/b;12-11-;. The molecule has 0 aliphatic carbocycles. The number of pyridine rings is 1. The van der Waals surface area contributed by atoms with Crippen molar-refractivity contribution < 1.29 is 30.0 Å². The number of thiophene rings is 1. The number of rotatable bonds is 9. The molecule has 3 nitrogen and oxygen atoms in total. The second kappa shape index (κ2) is 16.8. The van der Waals surface area contributed by atoms with Gasteiger partial charge in [-0.2, -0.15) is 0 Å². The van der Waals surface area contributed by atoms with Crippen molar-refractivity contribution in [3.05, 3.63) is 88.3 Å². The van der Waals surface area contributed by atoms with Crippen LogP contribution in [0.25, 0.3) is 31.8 Å². The van der Waals surface area contributed by atoms with Crippen LogP contribution in [0.1, 0.15) is 137 Å². The maximum atomic E-state index is 12.2. The van der Waals surface area contributed by atoms with Gasteiger partial charge < -0.3 is 10.1 Å². The van der Waals surface area contributed by atoms with E-state index in [1.54, 1.807) is 0 Å². The number of ketones is 1. The number of carbonyl (C=O) groups excluding carboxylic acids is 1. The summed E-state index contributed by atoms with van der Waals surface area (Å²) in [4.78, 5) is 18.3. The molecule has 1 N–H and O–H groups in total. The van der Waals surface area contributed by atoms with Crippen molar-refractivity contribution in [3.63, 3.8) is 0 Å². The van der Waals surface area contributed by atoms with Crippen molar-refractivity contribution in [1.82, 2.24) is 4.98 Å². The summed E-state index contributed by atoms with van der Waals surface area (Å²) in [6.07, 6.45) is 6.70. The van der Waals surface area contributed by atoms with Gasteiger partial charge in [0.15, 0.2) is 5.78 Å². The van der Waals surface area contributed by atoms with Crippen LogP contribution in [-0.2, 0) is 35.7 Å². The fourth-order valence-corrected chi connectivity index (χ4v) is 7.48. The van der Waals surface area contributed by atoms with E-state index < -0.39 is 0 Å². The minimum atomic E-state index is -0.337. The zero-order chi connectivity index (χ0) is 37.1. The third kappa shape index (κ3) is 9.64. The van der Waals surface area contributed by atoms with Crippen molar-refractivity contribution in [2.24, 2.45) is 10.8 Å². The first-order valence-electron chi connectivity index (χ1n) is 18.2. The monoisotopic (exact) mass is 873 g/mol. The van der Waals surface area contributed by atoms with Gasteiger partial charge in [-0.15, -0.1) is 46.2 Å². The number of fused-ring (bicyclic) bond motifs is 1. The largest absolute Gasteiger partial charge is 0.512 e. The van der Waals surface area contributed by atoms with Crippen LogP contribution in [0.3, 0.4) is 0 Å². The Hall–Kier alpha value is -2.59. The maximum absolute atomic E-state index is 12.2. The summed E-state index contributed by atoms with van der Waals surface area (Å²) in [5, 5.41) is 11.4. The Morgan fingerprint density at radius 2 is 1.40 bits per heavy atom. The molecule has 0 saturated carbocycles. The average Bonchev–Trinajstić information content (AvgIpc) is 3.38. The Kier molecular flexibility index (Phi) is 14.7. The molecule has 2 aromatic carbocycles. The second-order valence-electron chi connectivity index (χ2n) is 16.5. The molecule has 5 heteroatoms. The smallest absolute Gasteiger partial charge is 0.164 e. The molecule has 0 unspecified atom stereocenters. The maximum Gasteiger partial charge on any atom is 0.164 e. The van der Waals surface area contributed by atoms with E-state index in [2.05, 4.69) is 105 Å². The van der Waals surface area contributed by atoms with E-state index >= 15 is 0 Å². The number of hydrogen-bond donors (Lipinski definition) is 1. The third-order valence-corrected chi connectivity index (χ3v) is 12.1. The Labute approximate surface area is 321 Å². The number of hydrogen-bond acceptors (Lipinski definition) is 4. The van der Waals surface area contributed by atoms with Crippen LogP contribution < -0.4 is 0 Å². The molecule has 0 atom stereocenters. The third-order valence-electron chi connectivity index (χ3n) is 10.8.